The lowest BCUT2D eigenvalue weighted by Crippen LogP contribution is -2.40. The fourth-order valence-corrected chi connectivity index (χ4v) is 4.09. The summed E-state index contributed by atoms with van der Waals surface area (Å²) >= 11 is 2.99. The Hall–Kier alpha value is -2.15. The van der Waals surface area contributed by atoms with Crippen molar-refractivity contribution in [3.05, 3.63) is 74.6 Å². The van der Waals surface area contributed by atoms with E-state index in [1.807, 2.05) is 41.3 Å². The van der Waals surface area contributed by atoms with Crippen LogP contribution in [0.2, 0.25) is 0 Å². The summed E-state index contributed by atoms with van der Waals surface area (Å²) in [7, 11) is 0. The predicted octanol–water partition coefficient (Wildman–Crippen LogP) is 3.87. The van der Waals surface area contributed by atoms with E-state index in [1.165, 1.54) is 22.7 Å². The van der Waals surface area contributed by atoms with Crippen molar-refractivity contribution >= 4 is 28.6 Å². The Bertz CT molecular complexity index is 762. The van der Waals surface area contributed by atoms with E-state index in [-0.39, 0.29) is 12.5 Å². The Morgan fingerprint density at radius 2 is 2.00 bits per heavy atom. The Morgan fingerprint density at radius 3 is 2.60 bits per heavy atom. The lowest BCUT2D eigenvalue weighted by Gasteiger charge is -2.27. The zero-order chi connectivity index (χ0) is 17.7. The standard InChI is InChI=1S/C19H19NO3S2/c1-2-23-16-7-5-14(6-8-16)18(21)20-13-19(22,15-9-11-24-12-15)17-4-3-10-25-17/h3-12,22H,2,13H2,1H3,(H,20,21). The van der Waals surface area contributed by atoms with Crippen LogP contribution in [0.5, 0.6) is 5.75 Å². The lowest BCUT2D eigenvalue weighted by atomic mass is 9.94. The zero-order valence-corrected chi connectivity index (χ0v) is 15.4. The molecule has 0 fully saturated rings. The third-order valence-corrected chi connectivity index (χ3v) is 5.56. The summed E-state index contributed by atoms with van der Waals surface area (Å²) < 4.78 is 5.38. The Kier molecular flexibility index (Phi) is 5.53. The molecule has 0 aliphatic carbocycles. The number of hydrogen-bond acceptors (Lipinski definition) is 5. The van der Waals surface area contributed by atoms with Crippen molar-refractivity contribution in [3.63, 3.8) is 0 Å². The van der Waals surface area contributed by atoms with Gasteiger partial charge in [-0.15, -0.1) is 11.3 Å². The number of carbonyl (C=O) groups is 1. The van der Waals surface area contributed by atoms with Crippen LogP contribution in [-0.2, 0) is 5.60 Å². The molecule has 3 rings (SSSR count). The van der Waals surface area contributed by atoms with E-state index in [0.717, 1.165) is 16.2 Å². The topological polar surface area (TPSA) is 58.6 Å². The minimum Gasteiger partial charge on any atom is -0.494 e. The first kappa shape index (κ1) is 17.7. The monoisotopic (exact) mass is 373 g/mol. The molecule has 0 aliphatic heterocycles. The van der Waals surface area contributed by atoms with Gasteiger partial charge in [-0.3, -0.25) is 4.79 Å². The SMILES string of the molecule is CCOc1ccc(C(=O)NCC(O)(c2ccsc2)c2cccs2)cc1. The molecule has 0 saturated carbocycles. The van der Waals surface area contributed by atoms with Crippen LogP contribution in [-0.4, -0.2) is 24.2 Å². The van der Waals surface area contributed by atoms with E-state index in [0.29, 0.717) is 12.2 Å². The highest BCUT2D eigenvalue weighted by molar-refractivity contribution is 7.10. The Labute approximate surface area is 154 Å². The maximum Gasteiger partial charge on any atom is 0.251 e. The van der Waals surface area contributed by atoms with Crippen LogP contribution in [0.3, 0.4) is 0 Å². The smallest absolute Gasteiger partial charge is 0.251 e. The van der Waals surface area contributed by atoms with Gasteiger partial charge in [-0.25, -0.2) is 0 Å². The zero-order valence-electron chi connectivity index (χ0n) is 13.8. The molecule has 1 amide bonds. The quantitative estimate of drug-likeness (QED) is 0.661. The van der Waals surface area contributed by atoms with Crippen molar-refractivity contribution in [2.45, 2.75) is 12.5 Å². The fraction of sp³-hybridized carbons (Fsp3) is 0.211. The second kappa shape index (κ2) is 7.82. The minimum atomic E-state index is -1.23. The molecule has 3 aromatic rings. The third kappa shape index (κ3) is 3.92. The normalized spacial score (nSPS) is 13.2. The average Bonchev–Trinajstić information content (AvgIpc) is 3.34. The minimum absolute atomic E-state index is 0.107. The number of aliphatic hydroxyl groups is 1. The van der Waals surface area contributed by atoms with Gasteiger partial charge in [0.25, 0.3) is 5.91 Å². The molecule has 2 aromatic heterocycles. The number of carbonyl (C=O) groups excluding carboxylic acids is 1. The second-order valence-electron chi connectivity index (χ2n) is 5.49. The van der Waals surface area contributed by atoms with E-state index in [1.54, 1.807) is 24.3 Å². The van der Waals surface area contributed by atoms with Gasteiger partial charge in [0, 0.05) is 16.0 Å². The highest BCUT2D eigenvalue weighted by atomic mass is 32.1. The highest BCUT2D eigenvalue weighted by Crippen LogP contribution is 2.33. The van der Waals surface area contributed by atoms with Crippen LogP contribution in [0, 0.1) is 0 Å². The van der Waals surface area contributed by atoms with E-state index in [9.17, 15) is 9.90 Å². The predicted molar refractivity (Wildman–Crippen MR) is 102 cm³/mol. The molecular weight excluding hydrogens is 354 g/mol. The molecule has 0 radical (unpaired) electrons. The summed E-state index contributed by atoms with van der Waals surface area (Å²) in [4.78, 5) is 13.2. The van der Waals surface area contributed by atoms with Crippen molar-refractivity contribution in [1.29, 1.82) is 0 Å². The third-order valence-electron chi connectivity index (χ3n) is 3.86. The second-order valence-corrected chi connectivity index (χ2v) is 7.22. The van der Waals surface area contributed by atoms with Crippen LogP contribution in [0.1, 0.15) is 27.7 Å². The molecule has 1 aromatic carbocycles. The van der Waals surface area contributed by atoms with Gasteiger partial charge in [0.2, 0.25) is 0 Å². The number of nitrogens with one attached hydrogen (secondary N) is 1. The molecule has 4 nitrogen and oxygen atoms in total. The van der Waals surface area contributed by atoms with Crippen molar-refractivity contribution in [3.8, 4) is 5.75 Å². The molecule has 0 spiro atoms. The van der Waals surface area contributed by atoms with Gasteiger partial charge in [-0.2, -0.15) is 11.3 Å². The van der Waals surface area contributed by atoms with Gasteiger partial charge in [-0.05, 0) is 59.5 Å². The lowest BCUT2D eigenvalue weighted by molar-refractivity contribution is 0.0721. The molecule has 0 saturated heterocycles. The van der Waals surface area contributed by atoms with Gasteiger partial charge in [0.05, 0.1) is 13.2 Å². The van der Waals surface area contributed by atoms with Crippen LogP contribution in [0.4, 0.5) is 0 Å². The molecule has 6 heteroatoms. The molecule has 0 bridgehead atoms. The largest absolute Gasteiger partial charge is 0.494 e. The van der Waals surface area contributed by atoms with Crippen LogP contribution in [0.15, 0.2) is 58.6 Å². The molecule has 25 heavy (non-hydrogen) atoms. The molecule has 1 atom stereocenters. The van der Waals surface area contributed by atoms with Gasteiger partial charge in [0.1, 0.15) is 11.4 Å². The van der Waals surface area contributed by atoms with Crippen LogP contribution >= 0.6 is 22.7 Å². The number of rotatable bonds is 7. The van der Waals surface area contributed by atoms with Gasteiger partial charge >= 0.3 is 0 Å². The molecule has 0 aliphatic rings. The first-order valence-corrected chi connectivity index (χ1v) is 9.76. The average molecular weight is 373 g/mol. The summed E-state index contributed by atoms with van der Waals surface area (Å²) in [6, 6.07) is 12.6. The molecule has 2 N–H and O–H groups in total. The summed E-state index contributed by atoms with van der Waals surface area (Å²) in [6.07, 6.45) is 0. The van der Waals surface area contributed by atoms with Gasteiger partial charge < -0.3 is 15.2 Å². The number of benzene rings is 1. The first-order valence-electron chi connectivity index (χ1n) is 7.93. The first-order chi connectivity index (χ1) is 12.1. The van der Waals surface area contributed by atoms with Gasteiger partial charge in [-0.1, -0.05) is 6.07 Å². The summed E-state index contributed by atoms with van der Waals surface area (Å²) in [6.45, 7) is 2.60. The van der Waals surface area contributed by atoms with Crippen LogP contribution in [0.25, 0.3) is 0 Å². The van der Waals surface area contributed by atoms with E-state index < -0.39 is 5.60 Å². The molecule has 130 valence electrons. The van der Waals surface area contributed by atoms with E-state index in [2.05, 4.69) is 5.32 Å². The number of hydrogen-bond donors (Lipinski definition) is 2. The number of amides is 1. The molecule has 1 unspecified atom stereocenters. The fourth-order valence-electron chi connectivity index (χ4n) is 2.52. The summed E-state index contributed by atoms with van der Waals surface area (Å²) in [5.74, 6) is 0.501. The molecule has 2 heterocycles. The van der Waals surface area contributed by atoms with Crippen LogP contribution < -0.4 is 10.1 Å². The van der Waals surface area contributed by atoms with Crippen molar-refractivity contribution < 1.29 is 14.6 Å². The highest BCUT2D eigenvalue weighted by Gasteiger charge is 2.33. The Morgan fingerprint density at radius 1 is 1.20 bits per heavy atom. The van der Waals surface area contributed by atoms with Crippen molar-refractivity contribution in [2.75, 3.05) is 13.2 Å². The van der Waals surface area contributed by atoms with Crippen molar-refractivity contribution in [2.24, 2.45) is 0 Å². The van der Waals surface area contributed by atoms with Crippen molar-refractivity contribution in [1.82, 2.24) is 5.32 Å². The summed E-state index contributed by atoms with van der Waals surface area (Å²) in [5, 5.41) is 19.8. The molecular formula is C19H19NO3S2. The maximum atomic E-state index is 12.4. The van der Waals surface area contributed by atoms with Gasteiger partial charge in [0.15, 0.2) is 0 Å². The Balaban J connectivity index is 1.74. The number of ether oxygens (including phenoxy) is 1. The maximum absolute atomic E-state index is 12.4. The number of thiophene rings is 2. The van der Waals surface area contributed by atoms with E-state index in [4.69, 9.17) is 4.74 Å². The summed E-state index contributed by atoms with van der Waals surface area (Å²) in [5.41, 5.74) is 0.0870. The van der Waals surface area contributed by atoms with E-state index >= 15 is 0 Å².